The van der Waals surface area contributed by atoms with Crippen LogP contribution in [0.4, 0.5) is 0 Å². The molecule has 2 heterocycles. The molecule has 0 aliphatic carbocycles. The van der Waals surface area contributed by atoms with E-state index < -0.39 is 0 Å². The van der Waals surface area contributed by atoms with Gasteiger partial charge in [0.15, 0.2) is 0 Å². The number of nitrogens with one attached hydrogen (secondary N) is 2. The van der Waals surface area contributed by atoms with Crippen molar-refractivity contribution in [3.05, 3.63) is 0 Å². The van der Waals surface area contributed by atoms with E-state index in [2.05, 4.69) is 20.9 Å². The van der Waals surface area contributed by atoms with Crippen LogP contribution in [-0.2, 0) is 0 Å². The van der Waals surface area contributed by atoms with Crippen molar-refractivity contribution < 1.29 is 0 Å². The maximum absolute atomic E-state index is 4.46. The Hall–Kier alpha value is -0.480. The van der Waals surface area contributed by atoms with Crippen molar-refractivity contribution >= 4 is 0 Å². The van der Waals surface area contributed by atoms with E-state index >= 15 is 0 Å². The molecule has 0 saturated carbocycles. The zero-order chi connectivity index (χ0) is 9.64. The molecule has 0 atom stereocenters. The van der Waals surface area contributed by atoms with Gasteiger partial charge < -0.3 is 10.6 Å². The van der Waals surface area contributed by atoms with Crippen LogP contribution < -0.4 is 10.6 Å². The zero-order valence-electron chi connectivity index (χ0n) is 8.71. The van der Waals surface area contributed by atoms with Crippen molar-refractivity contribution in [3.63, 3.8) is 0 Å². The van der Waals surface area contributed by atoms with Crippen LogP contribution in [0.3, 0.4) is 0 Å². The van der Waals surface area contributed by atoms with Crippen molar-refractivity contribution in [1.82, 2.24) is 10.6 Å². The fraction of sp³-hybridized carbons (Fsp3) is 1.00. The highest BCUT2D eigenvalue weighted by molar-refractivity contribution is 4.76. The SMILES string of the molecule is C1CC(N=NC2CCNCC2)CCN1. The Kier molecular flexibility index (Phi) is 3.89. The lowest BCUT2D eigenvalue weighted by Gasteiger charge is -2.21. The van der Waals surface area contributed by atoms with Gasteiger partial charge in [0.25, 0.3) is 0 Å². The van der Waals surface area contributed by atoms with Gasteiger partial charge in [0.05, 0.1) is 12.1 Å². The molecule has 0 radical (unpaired) electrons. The summed E-state index contributed by atoms with van der Waals surface area (Å²) in [7, 11) is 0. The van der Waals surface area contributed by atoms with Crippen molar-refractivity contribution in [2.45, 2.75) is 37.8 Å². The first kappa shape index (κ1) is 10.1. The van der Waals surface area contributed by atoms with Gasteiger partial charge in [-0.05, 0) is 51.9 Å². The maximum atomic E-state index is 4.46. The Morgan fingerprint density at radius 1 is 0.643 bits per heavy atom. The normalized spacial score (nSPS) is 27.1. The molecule has 0 unspecified atom stereocenters. The van der Waals surface area contributed by atoms with E-state index in [0.29, 0.717) is 12.1 Å². The number of hydrogen-bond donors (Lipinski definition) is 2. The largest absolute Gasteiger partial charge is 0.317 e. The lowest BCUT2D eigenvalue weighted by Crippen LogP contribution is -2.31. The number of azo groups is 1. The molecule has 4 nitrogen and oxygen atoms in total. The summed E-state index contributed by atoms with van der Waals surface area (Å²) in [6.07, 6.45) is 4.64. The van der Waals surface area contributed by atoms with Gasteiger partial charge in [0.1, 0.15) is 0 Å². The monoisotopic (exact) mass is 196 g/mol. The molecule has 2 aliphatic rings. The topological polar surface area (TPSA) is 48.8 Å². The van der Waals surface area contributed by atoms with E-state index in [0.717, 1.165) is 51.9 Å². The third-order valence-corrected chi connectivity index (χ3v) is 3.01. The quantitative estimate of drug-likeness (QED) is 0.646. The molecule has 14 heavy (non-hydrogen) atoms. The molecule has 2 aliphatic heterocycles. The van der Waals surface area contributed by atoms with Crippen molar-refractivity contribution in [3.8, 4) is 0 Å². The smallest absolute Gasteiger partial charge is 0.0732 e. The fourth-order valence-corrected chi connectivity index (χ4v) is 2.03. The Labute approximate surface area is 85.6 Å². The second-order valence-electron chi connectivity index (χ2n) is 4.19. The highest BCUT2D eigenvalue weighted by atomic mass is 15.2. The van der Waals surface area contributed by atoms with E-state index in [4.69, 9.17) is 0 Å². The van der Waals surface area contributed by atoms with Crippen LogP contribution in [0, 0.1) is 0 Å². The summed E-state index contributed by atoms with van der Waals surface area (Å²) in [5.74, 6) is 0. The molecule has 2 N–H and O–H groups in total. The zero-order valence-corrected chi connectivity index (χ0v) is 8.71. The molecular weight excluding hydrogens is 176 g/mol. The molecule has 2 rings (SSSR count). The lowest BCUT2D eigenvalue weighted by molar-refractivity contribution is 0.406. The average molecular weight is 196 g/mol. The molecule has 0 amide bonds. The maximum Gasteiger partial charge on any atom is 0.0732 e. The third kappa shape index (κ3) is 3.03. The van der Waals surface area contributed by atoms with Crippen molar-refractivity contribution in [2.24, 2.45) is 10.2 Å². The van der Waals surface area contributed by atoms with Gasteiger partial charge in [-0.2, -0.15) is 10.2 Å². The predicted molar refractivity (Wildman–Crippen MR) is 56.6 cm³/mol. The molecular formula is C10H20N4. The van der Waals surface area contributed by atoms with E-state index in [-0.39, 0.29) is 0 Å². The van der Waals surface area contributed by atoms with Gasteiger partial charge in [-0.15, -0.1) is 0 Å². The fourth-order valence-electron chi connectivity index (χ4n) is 2.03. The van der Waals surface area contributed by atoms with Gasteiger partial charge in [-0.3, -0.25) is 0 Å². The standard InChI is InChI=1S/C10H20N4/c1-5-11-6-2-9(1)13-14-10-3-7-12-8-4-10/h9-12H,1-8H2. The Morgan fingerprint density at radius 3 is 1.36 bits per heavy atom. The van der Waals surface area contributed by atoms with Crippen LogP contribution in [0.1, 0.15) is 25.7 Å². The Bertz CT molecular complexity index is 161. The minimum absolute atomic E-state index is 0.492. The van der Waals surface area contributed by atoms with Gasteiger partial charge >= 0.3 is 0 Å². The summed E-state index contributed by atoms with van der Waals surface area (Å²) in [6.45, 7) is 4.43. The van der Waals surface area contributed by atoms with Gasteiger partial charge in [0, 0.05) is 0 Å². The van der Waals surface area contributed by atoms with Gasteiger partial charge in [-0.25, -0.2) is 0 Å². The van der Waals surface area contributed by atoms with Crippen LogP contribution in [-0.4, -0.2) is 38.3 Å². The summed E-state index contributed by atoms with van der Waals surface area (Å²) in [5.41, 5.74) is 0. The number of nitrogens with zero attached hydrogens (tertiary/aromatic N) is 2. The van der Waals surface area contributed by atoms with E-state index in [1.54, 1.807) is 0 Å². The summed E-state index contributed by atoms with van der Waals surface area (Å²) < 4.78 is 0. The Balaban J connectivity index is 1.73. The average Bonchev–Trinajstić information content (AvgIpc) is 2.29. The number of piperidine rings is 2. The molecule has 0 aromatic heterocycles. The molecule has 0 spiro atoms. The summed E-state index contributed by atoms with van der Waals surface area (Å²) >= 11 is 0. The van der Waals surface area contributed by atoms with E-state index in [1.165, 1.54) is 0 Å². The first-order chi connectivity index (χ1) is 6.95. The van der Waals surface area contributed by atoms with Crippen LogP contribution in [0.5, 0.6) is 0 Å². The van der Waals surface area contributed by atoms with Crippen LogP contribution in [0.15, 0.2) is 10.2 Å². The van der Waals surface area contributed by atoms with Gasteiger partial charge in [-0.1, -0.05) is 0 Å². The number of hydrogen-bond acceptors (Lipinski definition) is 4. The summed E-state index contributed by atoms with van der Waals surface area (Å²) in [5, 5.41) is 15.6. The minimum Gasteiger partial charge on any atom is -0.317 e. The molecule has 2 fully saturated rings. The van der Waals surface area contributed by atoms with Crippen LogP contribution >= 0.6 is 0 Å². The second-order valence-corrected chi connectivity index (χ2v) is 4.19. The van der Waals surface area contributed by atoms with Crippen molar-refractivity contribution in [2.75, 3.05) is 26.2 Å². The summed E-state index contributed by atoms with van der Waals surface area (Å²) in [6, 6.07) is 0.984. The van der Waals surface area contributed by atoms with Crippen LogP contribution in [0.25, 0.3) is 0 Å². The molecule has 0 aromatic rings. The third-order valence-electron chi connectivity index (χ3n) is 3.01. The van der Waals surface area contributed by atoms with E-state index in [1.807, 2.05) is 0 Å². The molecule has 0 aromatic carbocycles. The molecule has 80 valence electrons. The first-order valence-electron chi connectivity index (χ1n) is 5.76. The Morgan fingerprint density at radius 2 is 1.00 bits per heavy atom. The van der Waals surface area contributed by atoms with Crippen molar-refractivity contribution in [1.29, 1.82) is 0 Å². The molecule has 4 heteroatoms. The first-order valence-corrected chi connectivity index (χ1v) is 5.76. The predicted octanol–water partition coefficient (Wildman–Crippen LogP) is 0.943. The highest BCUT2D eigenvalue weighted by Crippen LogP contribution is 2.12. The number of rotatable bonds is 2. The molecule has 0 bridgehead atoms. The van der Waals surface area contributed by atoms with Crippen LogP contribution in [0.2, 0.25) is 0 Å². The molecule has 2 saturated heterocycles. The van der Waals surface area contributed by atoms with Gasteiger partial charge in [0.2, 0.25) is 0 Å². The summed E-state index contributed by atoms with van der Waals surface area (Å²) in [4.78, 5) is 0. The lowest BCUT2D eigenvalue weighted by atomic mass is 10.1. The van der Waals surface area contributed by atoms with E-state index in [9.17, 15) is 0 Å². The highest BCUT2D eigenvalue weighted by Gasteiger charge is 2.14. The second kappa shape index (κ2) is 5.41. The minimum atomic E-state index is 0.492.